The molecule has 0 aromatic heterocycles. The smallest absolute Gasteiger partial charge is 0.0255 e. The first-order chi connectivity index (χ1) is 8.21. The fourth-order valence-electron chi connectivity index (χ4n) is 2.27. The van der Waals surface area contributed by atoms with Crippen LogP contribution in [0.4, 0.5) is 0 Å². The molecule has 96 valence electrons. The second-order valence-corrected chi connectivity index (χ2v) is 5.90. The van der Waals surface area contributed by atoms with Gasteiger partial charge >= 0.3 is 0 Å². The average Bonchev–Trinajstić information content (AvgIpc) is 2.36. The molecule has 1 aromatic carbocycles. The number of hydrogen-bond acceptors (Lipinski definition) is 0. The van der Waals surface area contributed by atoms with Gasteiger partial charge in [0.2, 0.25) is 0 Å². The maximum absolute atomic E-state index is 6.11. The molecule has 0 N–H and O–H groups in total. The Kier molecular flexibility index (Phi) is 7.22. The van der Waals surface area contributed by atoms with Crippen LogP contribution in [0.1, 0.15) is 38.7 Å². The van der Waals surface area contributed by atoms with Crippen LogP contribution in [0, 0.1) is 11.8 Å². The topological polar surface area (TPSA) is 0 Å². The fraction of sp³-hybridized carbons (Fsp3) is 0.600. The molecule has 2 heteroatoms. The number of rotatable bonds is 7. The van der Waals surface area contributed by atoms with Crippen molar-refractivity contribution in [1.29, 1.82) is 0 Å². The number of benzene rings is 1. The highest BCUT2D eigenvalue weighted by atomic mass is 79.9. The summed E-state index contributed by atoms with van der Waals surface area (Å²) in [7, 11) is 0. The molecule has 0 nitrogen and oxygen atoms in total. The standard InChI is InChI=1S/C15H22BrCl/c1-3-12(4-2)9-13(11-17)10-14-7-5-6-8-15(14)16/h5-8,12-13H,3-4,9-11H2,1-2H3. The van der Waals surface area contributed by atoms with Crippen LogP contribution in [-0.2, 0) is 6.42 Å². The van der Waals surface area contributed by atoms with Crippen LogP contribution < -0.4 is 0 Å². The van der Waals surface area contributed by atoms with E-state index in [0.29, 0.717) is 5.92 Å². The molecule has 0 fully saturated rings. The molecule has 0 aliphatic rings. The number of hydrogen-bond donors (Lipinski definition) is 0. The summed E-state index contributed by atoms with van der Waals surface area (Å²) in [6, 6.07) is 8.46. The zero-order chi connectivity index (χ0) is 12.7. The predicted octanol–water partition coefficient (Wildman–Crippen LogP) is 5.67. The van der Waals surface area contributed by atoms with Gasteiger partial charge in [-0.15, -0.1) is 11.6 Å². The lowest BCUT2D eigenvalue weighted by Gasteiger charge is -2.20. The third-order valence-electron chi connectivity index (χ3n) is 3.51. The quantitative estimate of drug-likeness (QED) is 0.568. The molecular formula is C15H22BrCl. The molecule has 1 aromatic rings. The highest BCUT2D eigenvalue weighted by Gasteiger charge is 2.15. The molecule has 0 heterocycles. The molecule has 1 atom stereocenters. The molecular weight excluding hydrogens is 296 g/mol. The second-order valence-electron chi connectivity index (χ2n) is 4.73. The van der Waals surface area contributed by atoms with Crippen LogP contribution in [0.25, 0.3) is 0 Å². The maximum atomic E-state index is 6.11. The largest absolute Gasteiger partial charge is 0.126 e. The Hall–Kier alpha value is -0.0100. The van der Waals surface area contributed by atoms with Gasteiger partial charge in [0.05, 0.1) is 0 Å². The van der Waals surface area contributed by atoms with Gasteiger partial charge in [-0.25, -0.2) is 0 Å². The van der Waals surface area contributed by atoms with Crippen molar-refractivity contribution in [1.82, 2.24) is 0 Å². The number of alkyl halides is 1. The summed E-state index contributed by atoms with van der Waals surface area (Å²) in [6.07, 6.45) is 4.86. The highest BCUT2D eigenvalue weighted by molar-refractivity contribution is 9.10. The summed E-state index contributed by atoms with van der Waals surface area (Å²) in [5, 5.41) is 0. The van der Waals surface area contributed by atoms with Gasteiger partial charge in [0.25, 0.3) is 0 Å². The molecule has 17 heavy (non-hydrogen) atoms. The Bertz CT molecular complexity index is 320. The summed E-state index contributed by atoms with van der Waals surface area (Å²) in [5.74, 6) is 2.18. The van der Waals surface area contributed by atoms with Crippen molar-refractivity contribution in [3.05, 3.63) is 34.3 Å². The van der Waals surface area contributed by atoms with Gasteiger partial charge in [-0.05, 0) is 36.3 Å². The highest BCUT2D eigenvalue weighted by Crippen LogP contribution is 2.26. The van der Waals surface area contributed by atoms with Gasteiger partial charge in [-0.3, -0.25) is 0 Å². The van der Waals surface area contributed by atoms with Gasteiger partial charge < -0.3 is 0 Å². The average molecular weight is 318 g/mol. The van der Waals surface area contributed by atoms with Crippen LogP contribution >= 0.6 is 27.5 Å². The minimum absolute atomic E-state index is 0.597. The summed E-state index contributed by atoms with van der Waals surface area (Å²) < 4.78 is 1.21. The van der Waals surface area contributed by atoms with Crippen molar-refractivity contribution in [3.63, 3.8) is 0 Å². The second kappa shape index (κ2) is 8.16. The van der Waals surface area contributed by atoms with Crippen molar-refractivity contribution in [2.24, 2.45) is 11.8 Å². The molecule has 1 unspecified atom stereocenters. The lowest BCUT2D eigenvalue weighted by Crippen LogP contribution is -2.12. The Balaban J connectivity index is 2.61. The third kappa shape index (κ3) is 5.01. The van der Waals surface area contributed by atoms with Crippen LogP contribution in [0.2, 0.25) is 0 Å². The maximum Gasteiger partial charge on any atom is 0.0255 e. The van der Waals surface area contributed by atoms with Crippen LogP contribution in [0.15, 0.2) is 28.7 Å². The molecule has 0 aliphatic carbocycles. The minimum atomic E-state index is 0.597. The molecule has 1 rings (SSSR count). The molecule has 0 saturated heterocycles. The Morgan fingerprint density at radius 2 is 1.76 bits per heavy atom. The van der Waals surface area contributed by atoms with Gasteiger partial charge in [-0.1, -0.05) is 60.8 Å². The van der Waals surface area contributed by atoms with Crippen molar-refractivity contribution in [3.8, 4) is 0 Å². The van der Waals surface area contributed by atoms with Crippen LogP contribution in [0.5, 0.6) is 0 Å². The van der Waals surface area contributed by atoms with Crippen molar-refractivity contribution < 1.29 is 0 Å². The van der Waals surface area contributed by atoms with Gasteiger partial charge in [-0.2, -0.15) is 0 Å². The summed E-state index contributed by atoms with van der Waals surface area (Å²) >= 11 is 9.72. The molecule has 0 radical (unpaired) electrons. The van der Waals surface area contributed by atoms with Gasteiger partial charge in [0.15, 0.2) is 0 Å². The van der Waals surface area contributed by atoms with E-state index in [1.165, 1.54) is 29.3 Å². The van der Waals surface area contributed by atoms with Crippen molar-refractivity contribution >= 4 is 27.5 Å². The molecule has 0 saturated carbocycles. The van der Waals surface area contributed by atoms with Crippen molar-refractivity contribution in [2.45, 2.75) is 39.5 Å². The first-order valence-electron chi connectivity index (χ1n) is 6.50. The van der Waals surface area contributed by atoms with Gasteiger partial charge in [0, 0.05) is 10.4 Å². The van der Waals surface area contributed by atoms with E-state index in [2.05, 4.69) is 54.0 Å². The van der Waals surface area contributed by atoms with E-state index >= 15 is 0 Å². The van der Waals surface area contributed by atoms with Crippen LogP contribution in [0.3, 0.4) is 0 Å². The zero-order valence-corrected chi connectivity index (χ0v) is 13.1. The molecule has 0 aliphatic heterocycles. The summed E-state index contributed by atoms with van der Waals surface area (Å²) in [4.78, 5) is 0. The van der Waals surface area contributed by atoms with E-state index in [4.69, 9.17) is 11.6 Å². The Labute approximate surface area is 119 Å². The zero-order valence-electron chi connectivity index (χ0n) is 10.8. The van der Waals surface area contributed by atoms with E-state index in [-0.39, 0.29) is 0 Å². The Morgan fingerprint density at radius 3 is 2.29 bits per heavy atom. The monoisotopic (exact) mass is 316 g/mol. The van der Waals surface area contributed by atoms with E-state index in [9.17, 15) is 0 Å². The lowest BCUT2D eigenvalue weighted by atomic mass is 9.88. The predicted molar refractivity (Wildman–Crippen MR) is 80.7 cm³/mol. The van der Waals surface area contributed by atoms with Crippen molar-refractivity contribution in [2.75, 3.05) is 5.88 Å². The van der Waals surface area contributed by atoms with Crippen LogP contribution in [-0.4, -0.2) is 5.88 Å². The first kappa shape index (κ1) is 15.0. The fourth-order valence-corrected chi connectivity index (χ4v) is 2.95. The lowest BCUT2D eigenvalue weighted by molar-refractivity contribution is 0.372. The van der Waals surface area contributed by atoms with E-state index in [1.807, 2.05) is 0 Å². The van der Waals surface area contributed by atoms with Gasteiger partial charge in [0.1, 0.15) is 0 Å². The minimum Gasteiger partial charge on any atom is -0.126 e. The molecule has 0 spiro atoms. The third-order valence-corrected chi connectivity index (χ3v) is 4.72. The van der Waals surface area contributed by atoms with E-state index < -0.39 is 0 Å². The summed E-state index contributed by atoms with van der Waals surface area (Å²) in [5.41, 5.74) is 1.38. The molecule has 0 amide bonds. The SMILES string of the molecule is CCC(CC)CC(CCl)Cc1ccccc1Br. The first-order valence-corrected chi connectivity index (χ1v) is 7.83. The Morgan fingerprint density at radius 1 is 1.12 bits per heavy atom. The summed E-state index contributed by atoms with van der Waals surface area (Å²) in [6.45, 7) is 4.55. The normalized spacial score (nSPS) is 13.0. The van der Waals surface area contributed by atoms with E-state index in [1.54, 1.807) is 0 Å². The number of halogens is 2. The molecule has 0 bridgehead atoms. The van der Waals surface area contributed by atoms with E-state index in [0.717, 1.165) is 18.2 Å².